The monoisotopic (exact) mass is 273 g/mol. The highest BCUT2D eigenvalue weighted by Crippen LogP contribution is 2.09. The molecule has 0 spiro atoms. The van der Waals surface area contributed by atoms with Crippen LogP contribution in [0.5, 0.6) is 0 Å². The van der Waals surface area contributed by atoms with Gasteiger partial charge >= 0.3 is 0 Å². The van der Waals surface area contributed by atoms with Crippen LogP contribution in [0.25, 0.3) is 0 Å². The Kier molecular flexibility index (Phi) is 3.55. The lowest BCUT2D eigenvalue weighted by molar-refractivity contribution is 0.372. The number of hydrogen-bond donors (Lipinski definition) is 1. The summed E-state index contributed by atoms with van der Waals surface area (Å²) >= 11 is 1.46. The summed E-state index contributed by atoms with van der Waals surface area (Å²) in [7, 11) is -3.36. The van der Waals surface area contributed by atoms with Crippen LogP contribution >= 0.6 is 11.3 Å². The fourth-order valence-corrected chi connectivity index (χ4v) is 3.07. The summed E-state index contributed by atoms with van der Waals surface area (Å²) in [5.41, 5.74) is 0.768. The molecule has 0 amide bonds. The molecule has 6 nitrogen and oxygen atoms in total. The molecule has 0 saturated carbocycles. The number of nitrogens with one attached hydrogen (secondary N) is 1. The molecule has 0 aliphatic rings. The van der Waals surface area contributed by atoms with Crippen molar-refractivity contribution in [2.24, 2.45) is 0 Å². The van der Waals surface area contributed by atoms with E-state index in [1.807, 2.05) is 5.38 Å². The van der Waals surface area contributed by atoms with Gasteiger partial charge in [0.25, 0.3) is 0 Å². The van der Waals surface area contributed by atoms with Gasteiger partial charge in [-0.1, -0.05) is 5.16 Å². The Morgan fingerprint density at radius 1 is 1.53 bits per heavy atom. The molecule has 0 aromatic carbocycles. The van der Waals surface area contributed by atoms with Gasteiger partial charge in [0.2, 0.25) is 15.9 Å². The molecule has 0 saturated heterocycles. The lowest BCUT2D eigenvalue weighted by Crippen LogP contribution is -2.24. The molecule has 0 fully saturated rings. The van der Waals surface area contributed by atoms with Crippen LogP contribution in [0.1, 0.15) is 17.3 Å². The minimum absolute atomic E-state index is 0.0211. The first-order valence-corrected chi connectivity index (χ1v) is 7.42. The Labute approximate surface area is 103 Å². The maximum atomic E-state index is 11.7. The molecule has 0 bridgehead atoms. The molecule has 0 aliphatic carbocycles. The first-order valence-electron chi connectivity index (χ1n) is 4.83. The van der Waals surface area contributed by atoms with Crippen LogP contribution in [0.4, 0.5) is 0 Å². The molecule has 2 aromatic heterocycles. The molecule has 0 radical (unpaired) electrons. The predicted octanol–water partition coefficient (Wildman–Crippen LogP) is 1.06. The Morgan fingerprint density at radius 3 is 2.94 bits per heavy atom. The number of rotatable bonds is 5. The van der Waals surface area contributed by atoms with Crippen LogP contribution < -0.4 is 4.72 Å². The highest BCUT2D eigenvalue weighted by Gasteiger charge is 2.13. The number of aryl methyl sites for hydroxylation is 1. The third-order valence-corrected chi connectivity index (χ3v) is 3.98. The van der Waals surface area contributed by atoms with Gasteiger partial charge in [-0.2, -0.15) is 16.3 Å². The minimum atomic E-state index is -3.36. The Bertz CT molecular complexity index is 574. The van der Waals surface area contributed by atoms with Crippen molar-refractivity contribution in [2.75, 3.05) is 0 Å². The molecule has 92 valence electrons. The van der Waals surface area contributed by atoms with Crippen LogP contribution in [0.15, 0.2) is 21.3 Å². The summed E-state index contributed by atoms with van der Waals surface area (Å²) in [6, 6.07) is 1.78. The van der Waals surface area contributed by atoms with E-state index < -0.39 is 10.0 Å². The van der Waals surface area contributed by atoms with Gasteiger partial charge in [-0.05, 0) is 29.3 Å². The molecule has 0 unspecified atom stereocenters. The lowest BCUT2D eigenvalue weighted by Gasteiger charge is -2.02. The Hall–Kier alpha value is -1.25. The van der Waals surface area contributed by atoms with Crippen molar-refractivity contribution in [3.8, 4) is 0 Å². The van der Waals surface area contributed by atoms with E-state index in [4.69, 9.17) is 4.52 Å². The van der Waals surface area contributed by atoms with Gasteiger partial charge in [-0.3, -0.25) is 0 Å². The summed E-state index contributed by atoms with van der Waals surface area (Å²) in [5.74, 6) is 0.706. The summed E-state index contributed by atoms with van der Waals surface area (Å²) < 4.78 is 30.6. The maximum absolute atomic E-state index is 11.7. The minimum Gasteiger partial charge on any atom is -0.338 e. The topological polar surface area (TPSA) is 85.1 Å². The SMILES string of the molecule is Cc1noc(CNS(=O)(=O)Cc2ccsc2)n1. The second kappa shape index (κ2) is 4.94. The smallest absolute Gasteiger partial charge is 0.241 e. The van der Waals surface area contributed by atoms with Crippen LogP contribution in [-0.2, 0) is 22.3 Å². The van der Waals surface area contributed by atoms with Gasteiger partial charge in [0.05, 0.1) is 12.3 Å². The maximum Gasteiger partial charge on any atom is 0.241 e. The fourth-order valence-electron chi connectivity index (χ4n) is 1.23. The zero-order valence-corrected chi connectivity index (χ0v) is 10.7. The quantitative estimate of drug-likeness (QED) is 0.880. The fraction of sp³-hybridized carbons (Fsp3) is 0.333. The van der Waals surface area contributed by atoms with Gasteiger partial charge in [0.1, 0.15) is 0 Å². The molecule has 17 heavy (non-hydrogen) atoms. The van der Waals surface area contributed by atoms with Crippen molar-refractivity contribution in [1.82, 2.24) is 14.9 Å². The van der Waals surface area contributed by atoms with Crippen LogP contribution in [0.3, 0.4) is 0 Å². The van der Waals surface area contributed by atoms with Gasteiger partial charge in [0.15, 0.2) is 5.82 Å². The zero-order valence-electron chi connectivity index (χ0n) is 9.08. The van der Waals surface area contributed by atoms with E-state index >= 15 is 0 Å². The lowest BCUT2D eigenvalue weighted by atomic mass is 10.4. The van der Waals surface area contributed by atoms with Gasteiger partial charge in [-0.25, -0.2) is 13.1 Å². The summed E-state index contributed by atoms with van der Waals surface area (Å²) in [5, 5.41) is 7.21. The molecule has 8 heteroatoms. The van der Waals surface area contributed by atoms with E-state index in [9.17, 15) is 8.42 Å². The second-order valence-electron chi connectivity index (χ2n) is 3.45. The molecule has 2 rings (SSSR count). The molecule has 2 heterocycles. The average molecular weight is 273 g/mol. The highest BCUT2D eigenvalue weighted by atomic mass is 32.2. The number of nitrogens with zero attached hydrogens (tertiary/aromatic N) is 2. The van der Waals surface area contributed by atoms with E-state index in [1.165, 1.54) is 11.3 Å². The standard InChI is InChI=1S/C9H11N3O3S2/c1-7-11-9(15-12-7)4-10-17(13,14)6-8-2-3-16-5-8/h2-3,5,10H,4,6H2,1H3. The summed E-state index contributed by atoms with van der Waals surface area (Å²) in [4.78, 5) is 3.91. The van der Waals surface area contributed by atoms with Crippen molar-refractivity contribution >= 4 is 21.4 Å². The first kappa shape index (κ1) is 12.2. The van der Waals surface area contributed by atoms with Crippen molar-refractivity contribution in [1.29, 1.82) is 0 Å². The second-order valence-corrected chi connectivity index (χ2v) is 6.03. The van der Waals surface area contributed by atoms with Crippen molar-refractivity contribution < 1.29 is 12.9 Å². The van der Waals surface area contributed by atoms with E-state index in [0.717, 1.165) is 5.56 Å². The van der Waals surface area contributed by atoms with E-state index in [0.29, 0.717) is 5.82 Å². The van der Waals surface area contributed by atoms with Crippen molar-refractivity contribution in [3.63, 3.8) is 0 Å². The Balaban J connectivity index is 1.94. The third-order valence-electron chi connectivity index (χ3n) is 1.95. The molecule has 0 atom stereocenters. The first-order chi connectivity index (χ1) is 8.05. The molecular formula is C9H11N3O3S2. The number of thiophene rings is 1. The van der Waals surface area contributed by atoms with Crippen LogP contribution in [0, 0.1) is 6.92 Å². The zero-order chi connectivity index (χ0) is 12.3. The summed E-state index contributed by atoms with van der Waals surface area (Å²) in [6.07, 6.45) is 0. The number of sulfonamides is 1. The van der Waals surface area contributed by atoms with Gasteiger partial charge in [0, 0.05) is 0 Å². The van der Waals surface area contributed by atoms with Crippen molar-refractivity contribution in [3.05, 3.63) is 34.1 Å². The van der Waals surface area contributed by atoms with Gasteiger partial charge < -0.3 is 4.52 Å². The average Bonchev–Trinajstić information content (AvgIpc) is 2.86. The largest absolute Gasteiger partial charge is 0.338 e. The number of hydrogen-bond acceptors (Lipinski definition) is 6. The van der Waals surface area contributed by atoms with E-state index in [-0.39, 0.29) is 18.2 Å². The van der Waals surface area contributed by atoms with Crippen LogP contribution in [0.2, 0.25) is 0 Å². The normalized spacial score (nSPS) is 11.8. The molecule has 1 N–H and O–H groups in total. The third kappa shape index (κ3) is 3.62. The van der Waals surface area contributed by atoms with Crippen LogP contribution in [-0.4, -0.2) is 18.6 Å². The Morgan fingerprint density at radius 2 is 2.35 bits per heavy atom. The predicted molar refractivity (Wildman–Crippen MR) is 62.8 cm³/mol. The molecule has 2 aromatic rings. The van der Waals surface area contributed by atoms with Crippen molar-refractivity contribution in [2.45, 2.75) is 19.2 Å². The van der Waals surface area contributed by atoms with E-state index in [1.54, 1.807) is 18.4 Å². The summed E-state index contributed by atoms with van der Waals surface area (Å²) in [6.45, 7) is 1.69. The number of aromatic nitrogens is 2. The van der Waals surface area contributed by atoms with E-state index in [2.05, 4.69) is 14.9 Å². The molecular weight excluding hydrogens is 262 g/mol. The highest BCUT2D eigenvalue weighted by molar-refractivity contribution is 7.88. The van der Waals surface area contributed by atoms with Gasteiger partial charge in [-0.15, -0.1) is 0 Å². The molecule has 0 aliphatic heterocycles.